The van der Waals surface area contributed by atoms with E-state index in [1.807, 2.05) is 12.1 Å². The fourth-order valence-corrected chi connectivity index (χ4v) is 3.70. The zero-order valence-corrected chi connectivity index (χ0v) is 13.7. The zero-order valence-electron chi connectivity index (χ0n) is 12.2. The van der Waals surface area contributed by atoms with Crippen LogP contribution in [0.15, 0.2) is 33.2 Å². The lowest BCUT2D eigenvalue weighted by Gasteiger charge is -2.23. The molecular weight excluding hydrogens is 314 g/mol. The maximum atomic E-state index is 5.97. The molecule has 0 aliphatic heterocycles. The summed E-state index contributed by atoms with van der Waals surface area (Å²) in [5, 5.41) is 4.87. The van der Waals surface area contributed by atoms with Crippen molar-refractivity contribution in [2.45, 2.75) is 51.6 Å². The van der Waals surface area contributed by atoms with Crippen molar-refractivity contribution in [1.29, 1.82) is 0 Å². The van der Waals surface area contributed by atoms with Crippen LogP contribution in [-0.2, 0) is 0 Å². The molecule has 0 spiro atoms. The van der Waals surface area contributed by atoms with Gasteiger partial charge in [0, 0.05) is 15.9 Å². The zero-order chi connectivity index (χ0) is 14.1. The van der Waals surface area contributed by atoms with Gasteiger partial charge in [-0.25, -0.2) is 0 Å². The van der Waals surface area contributed by atoms with Crippen molar-refractivity contribution in [2.75, 3.05) is 0 Å². The van der Waals surface area contributed by atoms with Crippen LogP contribution in [0.1, 0.15) is 51.3 Å². The highest BCUT2D eigenvalue weighted by Gasteiger charge is 2.23. The lowest BCUT2D eigenvalue weighted by atomic mass is 9.99. The Bertz CT molecular complexity index is 586. The third-order valence-corrected chi connectivity index (χ3v) is 5.04. The fourth-order valence-electron chi connectivity index (χ4n) is 3.32. The molecule has 0 bridgehead atoms. The average molecular weight is 336 g/mol. The molecule has 1 N–H and O–H groups in total. The molecule has 1 saturated carbocycles. The molecule has 2 atom stereocenters. The predicted molar refractivity (Wildman–Crippen MR) is 86.9 cm³/mol. The molecule has 1 fully saturated rings. The Morgan fingerprint density at radius 2 is 1.95 bits per heavy atom. The molecule has 1 unspecified atom stereocenters. The SMILES string of the molecule is CC(N[C@@H](C)C1CCCC1)c1cc2cc(Br)ccc2o1. The van der Waals surface area contributed by atoms with Gasteiger partial charge in [-0.15, -0.1) is 0 Å². The number of hydrogen-bond donors (Lipinski definition) is 1. The smallest absolute Gasteiger partial charge is 0.134 e. The van der Waals surface area contributed by atoms with E-state index >= 15 is 0 Å². The summed E-state index contributed by atoms with van der Waals surface area (Å²) in [5.41, 5.74) is 0.963. The summed E-state index contributed by atoms with van der Waals surface area (Å²) >= 11 is 3.51. The number of nitrogens with one attached hydrogen (secondary N) is 1. The Morgan fingerprint density at radius 1 is 1.20 bits per heavy atom. The van der Waals surface area contributed by atoms with E-state index in [4.69, 9.17) is 4.42 Å². The first-order valence-electron chi connectivity index (χ1n) is 7.58. The monoisotopic (exact) mass is 335 g/mol. The number of benzene rings is 1. The molecule has 1 aromatic heterocycles. The number of rotatable bonds is 4. The van der Waals surface area contributed by atoms with Gasteiger partial charge >= 0.3 is 0 Å². The molecule has 0 saturated heterocycles. The van der Waals surface area contributed by atoms with E-state index in [0.717, 1.165) is 27.1 Å². The van der Waals surface area contributed by atoms with Gasteiger partial charge in [0.15, 0.2) is 0 Å². The number of furan rings is 1. The van der Waals surface area contributed by atoms with Gasteiger partial charge < -0.3 is 9.73 Å². The van der Waals surface area contributed by atoms with Crippen LogP contribution in [-0.4, -0.2) is 6.04 Å². The minimum atomic E-state index is 0.261. The van der Waals surface area contributed by atoms with Gasteiger partial charge in [0.2, 0.25) is 0 Å². The molecular formula is C17H22BrNO. The van der Waals surface area contributed by atoms with Crippen LogP contribution in [0.2, 0.25) is 0 Å². The van der Waals surface area contributed by atoms with Crippen LogP contribution in [0.4, 0.5) is 0 Å². The van der Waals surface area contributed by atoms with Gasteiger partial charge in [0.05, 0.1) is 6.04 Å². The van der Waals surface area contributed by atoms with Crippen LogP contribution >= 0.6 is 15.9 Å². The van der Waals surface area contributed by atoms with Gasteiger partial charge in [-0.2, -0.15) is 0 Å². The van der Waals surface area contributed by atoms with Gasteiger partial charge in [0.1, 0.15) is 11.3 Å². The highest BCUT2D eigenvalue weighted by atomic mass is 79.9. The van der Waals surface area contributed by atoms with Crippen molar-refractivity contribution in [3.05, 3.63) is 34.5 Å². The van der Waals surface area contributed by atoms with Crippen molar-refractivity contribution >= 4 is 26.9 Å². The Morgan fingerprint density at radius 3 is 2.70 bits per heavy atom. The number of hydrogen-bond acceptors (Lipinski definition) is 2. The first-order valence-corrected chi connectivity index (χ1v) is 8.38. The predicted octanol–water partition coefficient (Wildman–Crippen LogP) is 5.42. The fraction of sp³-hybridized carbons (Fsp3) is 0.529. The van der Waals surface area contributed by atoms with E-state index in [1.54, 1.807) is 0 Å². The van der Waals surface area contributed by atoms with Crippen molar-refractivity contribution in [3.63, 3.8) is 0 Å². The summed E-state index contributed by atoms with van der Waals surface area (Å²) in [7, 11) is 0. The van der Waals surface area contributed by atoms with E-state index in [9.17, 15) is 0 Å². The van der Waals surface area contributed by atoms with Crippen LogP contribution in [0.25, 0.3) is 11.0 Å². The topological polar surface area (TPSA) is 25.2 Å². The first-order chi connectivity index (χ1) is 9.63. The maximum Gasteiger partial charge on any atom is 0.134 e. The maximum absolute atomic E-state index is 5.97. The molecule has 1 heterocycles. The van der Waals surface area contributed by atoms with Crippen molar-refractivity contribution in [3.8, 4) is 0 Å². The Kier molecular flexibility index (Phi) is 4.18. The minimum Gasteiger partial charge on any atom is -0.459 e. The van der Waals surface area contributed by atoms with Gasteiger partial charge in [-0.05, 0) is 56.9 Å². The molecule has 0 radical (unpaired) electrons. The molecule has 2 aromatic rings. The van der Waals surface area contributed by atoms with Crippen molar-refractivity contribution in [1.82, 2.24) is 5.32 Å². The summed E-state index contributed by atoms with van der Waals surface area (Å²) in [6.07, 6.45) is 5.52. The highest BCUT2D eigenvalue weighted by molar-refractivity contribution is 9.10. The van der Waals surface area contributed by atoms with E-state index < -0.39 is 0 Å². The lowest BCUT2D eigenvalue weighted by Crippen LogP contribution is -2.34. The summed E-state index contributed by atoms with van der Waals surface area (Å²) in [6.45, 7) is 4.50. The molecule has 1 aromatic carbocycles. The molecule has 3 heteroatoms. The second-order valence-corrected chi connectivity index (χ2v) is 6.97. The quantitative estimate of drug-likeness (QED) is 0.806. The summed E-state index contributed by atoms with van der Waals surface area (Å²) in [5.74, 6) is 1.86. The van der Waals surface area contributed by atoms with E-state index in [-0.39, 0.29) is 6.04 Å². The average Bonchev–Trinajstić information content (AvgIpc) is 3.07. The van der Waals surface area contributed by atoms with Crippen LogP contribution in [0.3, 0.4) is 0 Å². The Hall–Kier alpha value is -0.800. The summed E-state index contributed by atoms with van der Waals surface area (Å²) in [6, 6.07) is 9.13. The summed E-state index contributed by atoms with van der Waals surface area (Å²) < 4.78 is 7.06. The van der Waals surface area contributed by atoms with Crippen molar-refractivity contribution in [2.24, 2.45) is 5.92 Å². The Balaban J connectivity index is 1.72. The first kappa shape index (κ1) is 14.2. The van der Waals surface area contributed by atoms with E-state index in [1.165, 1.54) is 25.7 Å². The van der Waals surface area contributed by atoms with Crippen LogP contribution < -0.4 is 5.32 Å². The minimum absolute atomic E-state index is 0.261. The van der Waals surface area contributed by atoms with Gasteiger partial charge in [-0.3, -0.25) is 0 Å². The van der Waals surface area contributed by atoms with E-state index in [0.29, 0.717) is 6.04 Å². The molecule has 0 amide bonds. The Labute approximate surface area is 129 Å². The molecule has 20 heavy (non-hydrogen) atoms. The van der Waals surface area contributed by atoms with E-state index in [2.05, 4.69) is 47.2 Å². The van der Waals surface area contributed by atoms with Crippen LogP contribution in [0.5, 0.6) is 0 Å². The highest BCUT2D eigenvalue weighted by Crippen LogP contribution is 2.30. The second-order valence-electron chi connectivity index (χ2n) is 6.05. The number of fused-ring (bicyclic) bond motifs is 1. The summed E-state index contributed by atoms with van der Waals surface area (Å²) in [4.78, 5) is 0. The molecule has 108 valence electrons. The van der Waals surface area contributed by atoms with Crippen LogP contribution in [0, 0.1) is 5.92 Å². The van der Waals surface area contributed by atoms with Gasteiger partial charge in [0.25, 0.3) is 0 Å². The number of halogens is 1. The van der Waals surface area contributed by atoms with Gasteiger partial charge in [-0.1, -0.05) is 28.8 Å². The largest absolute Gasteiger partial charge is 0.459 e. The molecule has 2 nitrogen and oxygen atoms in total. The molecule has 3 rings (SSSR count). The standard InChI is InChI=1S/C17H22BrNO/c1-11(13-5-3-4-6-13)19-12(2)17-10-14-9-15(18)7-8-16(14)20-17/h7-13,19H,3-6H2,1-2H3/t11-,12?/m0/s1. The normalized spacial score (nSPS) is 19.6. The molecule has 1 aliphatic rings. The lowest BCUT2D eigenvalue weighted by molar-refractivity contribution is 0.331. The second kappa shape index (κ2) is 5.90. The third kappa shape index (κ3) is 2.94. The molecule has 1 aliphatic carbocycles. The van der Waals surface area contributed by atoms with Crippen molar-refractivity contribution < 1.29 is 4.42 Å². The third-order valence-electron chi connectivity index (χ3n) is 4.54.